The Balaban J connectivity index is 1.25. The molecule has 40 heavy (non-hydrogen) atoms. The number of aryl methyl sites for hydroxylation is 2. The van der Waals surface area contributed by atoms with Gasteiger partial charge in [0.2, 0.25) is 5.95 Å². The molecule has 0 bridgehead atoms. The van der Waals surface area contributed by atoms with Crippen LogP contribution in [-0.2, 0) is 13.5 Å². The molecule has 2 aliphatic carbocycles. The fourth-order valence-corrected chi connectivity index (χ4v) is 6.52. The number of hydrogen-bond donors (Lipinski definition) is 2. The second kappa shape index (κ2) is 10.2. The van der Waals surface area contributed by atoms with E-state index in [0.29, 0.717) is 11.5 Å². The third-order valence-corrected chi connectivity index (χ3v) is 8.56. The Hall–Kier alpha value is -4.53. The summed E-state index contributed by atoms with van der Waals surface area (Å²) in [6, 6.07) is 23.5. The average Bonchev–Trinajstić information content (AvgIpc) is 3.74. The number of aromatic nitrogens is 6. The van der Waals surface area contributed by atoms with Crippen molar-refractivity contribution in [2.24, 2.45) is 7.05 Å². The number of rotatable bonds is 6. The minimum atomic E-state index is -0.252. The van der Waals surface area contributed by atoms with Gasteiger partial charge in [-0.1, -0.05) is 54.7 Å². The van der Waals surface area contributed by atoms with Crippen molar-refractivity contribution in [3.63, 3.8) is 0 Å². The van der Waals surface area contributed by atoms with Crippen molar-refractivity contribution in [1.29, 1.82) is 0 Å². The van der Waals surface area contributed by atoms with Crippen molar-refractivity contribution in [3.05, 3.63) is 89.0 Å². The van der Waals surface area contributed by atoms with Crippen LogP contribution in [-0.4, -0.2) is 36.1 Å². The minimum Gasteiger partial charge on any atom is -0.313 e. The van der Waals surface area contributed by atoms with Crippen molar-refractivity contribution < 1.29 is 4.79 Å². The number of H-pyrrole nitrogens is 1. The highest BCUT2D eigenvalue weighted by atomic mass is 16.1. The predicted molar refractivity (Wildman–Crippen MR) is 155 cm³/mol. The second-order valence-electron chi connectivity index (χ2n) is 10.9. The van der Waals surface area contributed by atoms with E-state index in [9.17, 15) is 4.79 Å². The lowest BCUT2D eigenvalue weighted by atomic mass is 9.84. The van der Waals surface area contributed by atoms with Gasteiger partial charge in [0.25, 0.3) is 11.9 Å². The maximum atomic E-state index is 12.8. The molecule has 2 aliphatic rings. The van der Waals surface area contributed by atoms with Gasteiger partial charge in [-0.05, 0) is 89.9 Å². The van der Waals surface area contributed by atoms with Crippen molar-refractivity contribution in [2.75, 3.05) is 10.2 Å². The summed E-state index contributed by atoms with van der Waals surface area (Å²) in [7, 11) is 2.09. The number of carbonyl (C=O) groups excluding carboxylic acids is 1. The van der Waals surface area contributed by atoms with Crippen LogP contribution >= 0.6 is 0 Å². The summed E-state index contributed by atoms with van der Waals surface area (Å²) in [6.07, 6.45) is 8.39. The number of amides is 1. The molecule has 2 heterocycles. The first-order valence-corrected chi connectivity index (χ1v) is 14.1. The van der Waals surface area contributed by atoms with Crippen LogP contribution in [0.2, 0.25) is 0 Å². The first kappa shape index (κ1) is 24.5. The molecule has 3 aromatic carbocycles. The molecule has 0 spiro atoms. The maximum absolute atomic E-state index is 12.8. The second-order valence-corrected chi connectivity index (χ2v) is 10.9. The zero-order valence-electron chi connectivity index (χ0n) is 22.5. The number of nitrogens with one attached hydrogen (secondary N) is 2. The van der Waals surface area contributed by atoms with Gasteiger partial charge in [0.15, 0.2) is 0 Å². The van der Waals surface area contributed by atoms with Crippen molar-refractivity contribution in [1.82, 2.24) is 30.2 Å². The molecular weight excluding hydrogens is 500 g/mol. The van der Waals surface area contributed by atoms with Gasteiger partial charge in [-0.25, -0.2) is 4.98 Å². The molecule has 1 fully saturated rings. The molecule has 7 rings (SSSR count). The van der Waals surface area contributed by atoms with E-state index >= 15 is 0 Å². The number of aromatic amines is 1. The summed E-state index contributed by atoms with van der Waals surface area (Å²) >= 11 is 0. The fourth-order valence-electron chi connectivity index (χ4n) is 6.52. The molecule has 1 amide bonds. The van der Waals surface area contributed by atoms with Crippen molar-refractivity contribution in [3.8, 4) is 0 Å². The van der Waals surface area contributed by atoms with E-state index in [0.717, 1.165) is 35.5 Å². The van der Waals surface area contributed by atoms with Crippen LogP contribution in [0.15, 0.2) is 66.7 Å². The Morgan fingerprint density at radius 1 is 1.00 bits per heavy atom. The highest BCUT2D eigenvalue weighted by Gasteiger charge is 2.33. The number of fused-ring (bicyclic) bond motifs is 2. The van der Waals surface area contributed by atoms with Gasteiger partial charge in [0, 0.05) is 18.3 Å². The van der Waals surface area contributed by atoms with E-state index in [4.69, 9.17) is 4.98 Å². The molecule has 202 valence electrons. The van der Waals surface area contributed by atoms with E-state index < -0.39 is 0 Å². The summed E-state index contributed by atoms with van der Waals surface area (Å²) in [5.74, 6) is 1.49. The molecule has 1 unspecified atom stereocenters. The number of tetrazole rings is 1. The van der Waals surface area contributed by atoms with E-state index in [1.165, 1.54) is 48.8 Å². The number of para-hydroxylation sites is 2. The molecular formula is C31H32N8O. The van der Waals surface area contributed by atoms with E-state index in [1.807, 2.05) is 18.2 Å². The van der Waals surface area contributed by atoms with Crippen LogP contribution in [0.3, 0.4) is 0 Å². The summed E-state index contributed by atoms with van der Waals surface area (Å²) in [4.78, 5) is 20.3. The molecule has 1 saturated carbocycles. The Bertz CT molecular complexity index is 1650. The minimum absolute atomic E-state index is 0.0976. The Morgan fingerprint density at radius 3 is 2.60 bits per heavy atom. The summed E-state index contributed by atoms with van der Waals surface area (Å²) in [5, 5.41) is 16.2. The third-order valence-electron chi connectivity index (χ3n) is 8.56. The van der Waals surface area contributed by atoms with E-state index in [-0.39, 0.29) is 17.9 Å². The average molecular weight is 533 g/mol. The van der Waals surface area contributed by atoms with Crippen LogP contribution < -0.4 is 10.2 Å². The molecule has 1 atom stereocenters. The van der Waals surface area contributed by atoms with Gasteiger partial charge in [0.1, 0.15) is 0 Å². The number of imidazole rings is 1. The number of benzene rings is 3. The standard InChI is InChI=1S/C31H32N8O/c1-38-28-10-6-5-9-26(28)32-31(38)39(24-15-11-21(12-16-24)20-7-3-2-4-8-20)27-18-14-22-19-23(13-17-25(22)27)29(40)33-30-34-36-37-35-30/h5-6,9-13,15-17,19-20,27H,2-4,7-8,14,18H2,1H3,(H2,33,34,35,36,37,40). The molecule has 9 nitrogen and oxygen atoms in total. The largest absolute Gasteiger partial charge is 0.313 e. The lowest BCUT2D eigenvalue weighted by molar-refractivity contribution is 0.102. The van der Waals surface area contributed by atoms with Crippen molar-refractivity contribution in [2.45, 2.75) is 56.9 Å². The van der Waals surface area contributed by atoms with Crippen LogP contribution in [0.5, 0.6) is 0 Å². The Kier molecular flexibility index (Phi) is 6.26. The van der Waals surface area contributed by atoms with Gasteiger partial charge in [0.05, 0.1) is 17.1 Å². The normalized spacial score (nSPS) is 17.2. The molecule has 2 N–H and O–H groups in total. The topological polar surface area (TPSA) is 105 Å². The molecule has 5 aromatic rings. The van der Waals surface area contributed by atoms with Gasteiger partial charge >= 0.3 is 0 Å². The molecule has 2 aromatic heterocycles. The Labute approximate surface area is 232 Å². The van der Waals surface area contributed by atoms with Gasteiger partial charge in [-0.2, -0.15) is 5.21 Å². The SMILES string of the molecule is Cn1c(N(c2ccc(C3CCCCC3)cc2)C2CCc3cc(C(=O)Nc4nn[nH]n4)ccc32)nc2ccccc21. The summed E-state index contributed by atoms with van der Waals surface area (Å²) in [5.41, 5.74) is 7.64. The number of carbonyl (C=O) groups is 1. The predicted octanol–water partition coefficient (Wildman–Crippen LogP) is 6.21. The van der Waals surface area contributed by atoms with Crippen molar-refractivity contribution >= 4 is 34.5 Å². The highest BCUT2D eigenvalue weighted by Crippen LogP contribution is 2.44. The van der Waals surface area contributed by atoms with Gasteiger partial charge in [-0.3, -0.25) is 10.1 Å². The third kappa shape index (κ3) is 4.41. The quantitative estimate of drug-likeness (QED) is 0.269. The van der Waals surface area contributed by atoms with E-state index in [1.54, 1.807) is 0 Å². The van der Waals surface area contributed by atoms with Crippen LogP contribution in [0.4, 0.5) is 17.6 Å². The number of anilines is 3. The van der Waals surface area contributed by atoms with Crippen LogP contribution in [0.25, 0.3) is 11.0 Å². The summed E-state index contributed by atoms with van der Waals surface area (Å²) in [6.45, 7) is 0. The lowest BCUT2D eigenvalue weighted by Crippen LogP contribution is -2.25. The van der Waals surface area contributed by atoms with E-state index in [2.05, 4.69) is 91.0 Å². The molecule has 0 saturated heterocycles. The summed E-state index contributed by atoms with van der Waals surface area (Å²) < 4.78 is 2.19. The van der Waals surface area contributed by atoms with Crippen LogP contribution in [0.1, 0.15) is 77.5 Å². The zero-order chi connectivity index (χ0) is 27.1. The zero-order valence-corrected chi connectivity index (χ0v) is 22.5. The first-order chi connectivity index (χ1) is 19.7. The Morgan fingerprint density at radius 2 is 1.82 bits per heavy atom. The smallest absolute Gasteiger partial charge is 0.270 e. The van der Waals surface area contributed by atoms with Gasteiger partial charge in [-0.15, -0.1) is 5.10 Å². The first-order valence-electron chi connectivity index (χ1n) is 14.1. The van der Waals surface area contributed by atoms with Gasteiger partial charge < -0.3 is 9.47 Å². The maximum Gasteiger partial charge on any atom is 0.270 e. The molecule has 0 radical (unpaired) electrons. The fraction of sp³-hybridized carbons (Fsp3) is 0.323. The highest BCUT2D eigenvalue weighted by molar-refractivity contribution is 6.03. The molecule has 9 heteroatoms. The monoisotopic (exact) mass is 532 g/mol. The van der Waals surface area contributed by atoms with Crippen LogP contribution in [0, 0.1) is 0 Å². The lowest BCUT2D eigenvalue weighted by Gasteiger charge is -2.31. The molecule has 0 aliphatic heterocycles. The number of nitrogens with zero attached hydrogens (tertiary/aromatic N) is 6. The number of hydrogen-bond acceptors (Lipinski definition) is 6.